The fourth-order valence-corrected chi connectivity index (χ4v) is 6.85. The van der Waals surface area contributed by atoms with E-state index in [0.717, 1.165) is 30.3 Å². The highest BCUT2D eigenvalue weighted by Crippen LogP contribution is 2.28. The first-order chi connectivity index (χ1) is 14.8. The molecule has 4 rings (SSSR count). The van der Waals surface area contributed by atoms with Gasteiger partial charge in [0.25, 0.3) is 0 Å². The van der Waals surface area contributed by atoms with E-state index in [1.54, 1.807) is 25.2 Å². The molecule has 2 aromatic heterocycles. The van der Waals surface area contributed by atoms with Crippen molar-refractivity contribution in [3.63, 3.8) is 0 Å². The summed E-state index contributed by atoms with van der Waals surface area (Å²) in [6.07, 6.45) is 1.38. The lowest BCUT2D eigenvalue weighted by molar-refractivity contribution is -0.138. The molecule has 1 atom stereocenters. The minimum absolute atomic E-state index is 0.0582. The number of rotatable bonds is 5. The van der Waals surface area contributed by atoms with Gasteiger partial charge in [-0.05, 0) is 33.6 Å². The minimum Gasteiger partial charge on any atom is -0.360 e. The zero-order valence-electron chi connectivity index (χ0n) is 18.2. The molecule has 0 bridgehead atoms. The van der Waals surface area contributed by atoms with Gasteiger partial charge in [-0.1, -0.05) is 5.16 Å². The van der Waals surface area contributed by atoms with Gasteiger partial charge in [-0.2, -0.15) is 4.31 Å². The second-order valence-corrected chi connectivity index (χ2v) is 11.3. The Morgan fingerprint density at radius 2 is 1.94 bits per heavy atom. The predicted octanol–water partition coefficient (Wildman–Crippen LogP) is 1.80. The molecule has 2 aliphatic heterocycles. The lowest BCUT2D eigenvalue weighted by Crippen LogP contribution is -2.52. The van der Waals surface area contributed by atoms with Crippen LogP contribution < -0.4 is 0 Å². The van der Waals surface area contributed by atoms with Gasteiger partial charge in [0.2, 0.25) is 15.9 Å². The van der Waals surface area contributed by atoms with Gasteiger partial charge in [0.1, 0.15) is 10.6 Å². The Labute approximate surface area is 187 Å². The van der Waals surface area contributed by atoms with Crippen molar-refractivity contribution in [3.05, 3.63) is 27.5 Å². The summed E-state index contributed by atoms with van der Waals surface area (Å²) >= 11 is 1.65. The molecule has 9 nitrogen and oxygen atoms in total. The molecule has 1 unspecified atom stereocenters. The topological polar surface area (TPSA) is 99.9 Å². The van der Waals surface area contributed by atoms with Crippen molar-refractivity contribution in [2.24, 2.45) is 5.92 Å². The lowest BCUT2D eigenvalue weighted by atomic mass is 9.98. The Kier molecular flexibility index (Phi) is 6.47. The van der Waals surface area contributed by atoms with E-state index in [9.17, 15) is 13.2 Å². The highest BCUT2D eigenvalue weighted by molar-refractivity contribution is 7.89. The first-order valence-electron chi connectivity index (χ1n) is 10.6. The van der Waals surface area contributed by atoms with Crippen LogP contribution in [0.15, 0.2) is 14.8 Å². The van der Waals surface area contributed by atoms with Crippen LogP contribution in [-0.4, -0.2) is 77.8 Å². The minimum atomic E-state index is -3.73. The van der Waals surface area contributed by atoms with Crippen molar-refractivity contribution in [2.45, 2.75) is 45.1 Å². The van der Waals surface area contributed by atoms with Crippen molar-refractivity contribution in [2.75, 3.05) is 39.3 Å². The number of hydrogen-bond donors (Lipinski definition) is 0. The van der Waals surface area contributed by atoms with Crippen LogP contribution in [0.25, 0.3) is 0 Å². The molecule has 0 spiro atoms. The van der Waals surface area contributed by atoms with Gasteiger partial charge in [0.05, 0.1) is 16.6 Å². The average molecular weight is 468 g/mol. The molecule has 0 saturated carbocycles. The van der Waals surface area contributed by atoms with Crippen molar-refractivity contribution in [1.82, 2.24) is 24.2 Å². The zero-order chi connectivity index (χ0) is 22.2. The predicted molar refractivity (Wildman–Crippen MR) is 116 cm³/mol. The summed E-state index contributed by atoms with van der Waals surface area (Å²) in [7, 11) is -3.73. The maximum atomic E-state index is 13.2. The van der Waals surface area contributed by atoms with Crippen LogP contribution in [0, 0.1) is 26.7 Å². The van der Waals surface area contributed by atoms with Crippen LogP contribution in [-0.2, 0) is 21.4 Å². The van der Waals surface area contributed by atoms with Crippen molar-refractivity contribution in [3.8, 4) is 0 Å². The van der Waals surface area contributed by atoms with E-state index >= 15 is 0 Å². The van der Waals surface area contributed by atoms with Gasteiger partial charge in [0.15, 0.2) is 5.76 Å². The van der Waals surface area contributed by atoms with Gasteiger partial charge in [-0.15, -0.1) is 11.3 Å². The van der Waals surface area contributed by atoms with E-state index in [2.05, 4.69) is 20.4 Å². The van der Waals surface area contributed by atoms with Gasteiger partial charge in [-0.25, -0.2) is 13.4 Å². The molecule has 2 saturated heterocycles. The molecule has 2 aromatic rings. The average Bonchev–Trinajstić information content (AvgIpc) is 3.32. The number of nitrogens with zero attached hydrogens (tertiary/aromatic N) is 5. The SMILES string of the molecule is Cc1nc(CN2CCN(C(=O)C3CCCN(S(=O)(=O)c4c(C)noc4C)C3)CC2)cs1. The smallest absolute Gasteiger partial charge is 0.248 e. The van der Waals surface area contributed by atoms with Crippen LogP contribution in [0.5, 0.6) is 0 Å². The molecule has 2 fully saturated rings. The van der Waals surface area contributed by atoms with Crippen LogP contribution in [0.2, 0.25) is 0 Å². The summed E-state index contributed by atoms with van der Waals surface area (Å²) in [5.74, 6) is 0.0388. The summed E-state index contributed by atoms with van der Waals surface area (Å²) in [5, 5.41) is 6.93. The molecule has 31 heavy (non-hydrogen) atoms. The third kappa shape index (κ3) is 4.69. The summed E-state index contributed by atoms with van der Waals surface area (Å²) in [6.45, 7) is 9.59. The second kappa shape index (κ2) is 8.97. The molecule has 170 valence electrons. The Hall–Kier alpha value is -1.82. The number of amides is 1. The van der Waals surface area contributed by atoms with E-state index in [-0.39, 0.29) is 29.0 Å². The molecule has 2 aliphatic rings. The number of hydrogen-bond acceptors (Lipinski definition) is 8. The van der Waals surface area contributed by atoms with Gasteiger partial charge >= 0.3 is 0 Å². The van der Waals surface area contributed by atoms with Gasteiger partial charge in [-0.3, -0.25) is 9.69 Å². The van der Waals surface area contributed by atoms with E-state index in [0.29, 0.717) is 38.2 Å². The quantitative estimate of drug-likeness (QED) is 0.661. The number of aryl methyl sites for hydroxylation is 3. The summed E-state index contributed by atoms with van der Waals surface area (Å²) < 4.78 is 32.8. The van der Waals surface area contributed by atoms with Crippen LogP contribution in [0.1, 0.15) is 35.0 Å². The first-order valence-corrected chi connectivity index (χ1v) is 12.9. The summed E-state index contributed by atoms with van der Waals surface area (Å²) in [6, 6.07) is 0. The number of carbonyl (C=O) groups is 1. The van der Waals surface area contributed by atoms with Gasteiger partial charge in [0, 0.05) is 51.2 Å². The van der Waals surface area contributed by atoms with E-state index in [4.69, 9.17) is 4.52 Å². The fourth-order valence-electron chi connectivity index (χ4n) is 4.43. The number of aromatic nitrogens is 2. The molecule has 0 aliphatic carbocycles. The summed E-state index contributed by atoms with van der Waals surface area (Å²) in [4.78, 5) is 22.0. The summed E-state index contributed by atoms with van der Waals surface area (Å²) in [5.41, 5.74) is 1.44. The molecular formula is C20H29N5O4S2. The maximum absolute atomic E-state index is 13.2. The molecule has 0 aromatic carbocycles. The fraction of sp³-hybridized carbons (Fsp3) is 0.650. The lowest BCUT2D eigenvalue weighted by Gasteiger charge is -2.38. The monoisotopic (exact) mass is 467 g/mol. The maximum Gasteiger partial charge on any atom is 0.248 e. The zero-order valence-corrected chi connectivity index (χ0v) is 19.8. The number of piperidine rings is 1. The molecule has 4 heterocycles. The highest BCUT2D eigenvalue weighted by atomic mass is 32.2. The molecule has 0 N–H and O–H groups in total. The van der Waals surface area contributed by atoms with E-state index in [1.807, 2.05) is 11.8 Å². The number of piperazine rings is 1. The highest BCUT2D eigenvalue weighted by Gasteiger charge is 2.38. The third-order valence-electron chi connectivity index (χ3n) is 6.04. The van der Waals surface area contributed by atoms with E-state index < -0.39 is 10.0 Å². The van der Waals surface area contributed by atoms with Crippen LogP contribution >= 0.6 is 11.3 Å². The number of thiazole rings is 1. The first kappa shape index (κ1) is 22.4. The molecule has 11 heteroatoms. The Bertz CT molecular complexity index is 1020. The standard InChI is InChI=1S/C20H29N5O4S2/c1-14-19(15(2)29-22-14)31(27,28)25-6-4-5-17(11-25)20(26)24-9-7-23(8-10-24)12-18-13-30-16(3)21-18/h13,17H,4-12H2,1-3H3. The Morgan fingerprint density at radius 1 is 1.19 bits per heavy atom. The molecular weight excluding hydrogens is 438 g/mol. The Balaban J connectivity index is 1.36. The molecule has 0 radical (unpaired) electrons. The number of carbonyl (C=O) groups excluding carboxylic acids is 1. The van der Waals surface area contributed by atoms with Crippen LogP contribution in [0.3, 0.4) is 0 Å². The second-order valence-electron chi connectivity index (χ2n) is 8.31. The number of sulfonamides is 1. The largest absolute Gasteiger partial charge is 0.360 e. The van der Waals surface area contributed by atoms with Crippen molar-refractivity contribution >= 4 is 27.3 Å². The van der Waals surface area contributed by atoms with Crippen molar-refractivity contribution in [1.29, 1.82) is 0 Å². The van der Waals surface area contributed by atoms with E-state index in [1.165, 1.54) is 4.31 Å². The Morgan fingerprint density at radius 3 is 2.55 bits per heavy atom. The van der Waals surface area contributed by atoms with Crippen LogP contribution in [0.4, 0.5) is 0 Å². The third-order valence-corrected chi connectivity index (χ3v) is 8.97. The normalized spacial score (nSPS) is 21.5. The van der Waals surface area contributed by atoms with Gasteiger partial charge < -0.3 is 9.42 Å². The molecule has 1 amide bonds. The van der Waals surface area contributed by atoms with Crippen molar-refractivity contribution < 1.29 is 17.7 Å².